The van der Waals surface area contributed by atoms with E-state index in [1.54, 1.807) is 16.4 Å². The van der Waals surface area contributed by atoms with E-state index >= 15 is 0 Å². The Labute approximate surface area is 171 Å². The van der Waals surface area contributed by atoms with E-state index in [1.807, 2.05) is 12.1 Å². The molecule has 2 heterocycles. The standard InChI is InChI=1S/C21H25NO6S/c1-25-18-6-4-17(13-20(18)26-2)29(23,24)22-9-7-15(8-10-22)11-16-3-5-19-21(12-16)28-14-27-19/h3-6,12-13,15H,7-11,14H2,1-2H3. The van der Waals surface area contributed by atoms with E-state index in [1.165, 1.54) is 25.8 Å². The minimum absolute atomic E-state index is 0.226. The summed E-state index contributed by atoms with van der Waals surface area (Å²) in [5.74, 6) is 2.92. The molecule has 29 heavy (non-hydrogen) atoms. The highest BCUT2D eigenvalue weighted by atomic mass is 32.2. The molecule has 0 aliphatic carbocycles. The normalized spacial score (nSPS) is 17.3. The van der Waals surface area contributed by atoms with Crippen molar-refractivity contribution in [2.45, 2.75) is 24.2 Å². The Morgan fingerprint density at radius 1 is 0.966 bits per heavy atom. The Morgan fingerprint density at radius 3 is 2.41 bits per heavy atom. The number of hydrogen-bond donors (Lipinski definition) is 0. The Balaban J connectivity index is 1.41. The molecule has 0 N–H and O–H groups in total. The molecule has 2 aliphatic rings. The topological polar surface area (TPSA) is 74.3 Å². The van der Waals surface area contributed by atoms with E-state index in [4.69, 9.17) is 18.9 Å². The summed E-state index contributed by atoms with van der Waals surface area (Å²) in [6.07, 6.45) is 2.54. The zero-order chi connectivity index (χ0) is 20.4. The second-order valence-corrected chi connectivity index (χ2v) is 9.19. The van der Waals surface area contributed by atoms with Crippen molar-refractivity contribution in [1.82, 2.24) is 4.31 Å². The first kappa shape index (κ1) is 19.8. The molecule has 2 aliphatic heterocycles. The summed E-state index contributed by atoms with van der Waals surface area (Å²) >= 11 is 0. The molecule has 0 atom stereocenters. The highest BCUT2D eigenvalue weighted by Crippen LogP contribution is 2.35. The van der Waals surface area contributed by atoms with Crippen LogP contribution in [0.5, 0.6) is 23.0 Å². The molecule has 0 spiro atoms. The summed E-state index contributed by atoms with van der Waals surface area (Å²) < 4.78 is 48.9. The molecule has 7 nitrogen and oxygen atoms in total. The van der Waals surface area contributed by atoms with Gasteiger partial charge in [0.15, 0.2) is 23.0 Å². The maximum Gasteiger partial charge on any atom is 0.243 e. The fourth-order valence-corrected chi connectivity index (χ4v) is 5.37. The first-order chi connectivity index (χ1) is 14.0. The first-order valence-electron chi connectivity index (χ1n) is 9.62. The maximum absolute atomic E-state index is 13.0. The predicted molar refractivity (Wildman–Crippen MR) is 107 cm³/mol. The van der Waals surface area contributed by atoms with Crippen LogP contribution >= 0.6 is 0 Å². The van der Waals surface area contributed by atoms with Crippen LogP contribution in [0.2, 0.25) is 0 Å². The van der Waals surface area contributed by atoms with Gasteiger partial charge in [0, 0.05) is 19.2 Å². The largest absolute Gasteiger partial charge is 0.493 e. The van der Waals surface area contributed by atoms with Crippen molar-refractivity contribution < 1.29 is 27.4 Å². The molecule has 0 unspecified atom stereocenters. The van der Waals surface area contributed by atoms with E-state index in [-0.39, 0.29) is 11.7 Å². The number of rotatable bonds is 6. The van der Waals surface area contributed by atoms with Gasteiger partial charge < -0.3 is 18.9 Å². The van der Waals surface area contributed by atoms with Gasteiger partial charge in [-0.3, -0.25) is 0 Å². The summed E-state index contributed by atoms with van der Waals surface area (Å²) in [6, 6.07) is 10.7. The van der Waals surface area contributed by atoms with Crippen molar-refractivity contribution in [1.29, 1.82) is 0 Å². The summed E-state index contributed by atoms with van der Waals surface area (Å²) in [6.45, 7) is 1.28. The SMILES string of the molecule is COc1ccc(S(=O)(=O)N2CCC(Cc3ccc4c(c3)OCO4)CC2)cc1OC. The number of fused-ring (bicyclic) bond motifs is 1. The van der Waals surface area contributed by atoms with Gasteiger partial charge in [-0.25, -0.2) is 8.42 Å². The number of nitrogens with zero attached hydrogens (tertiary/aromatic N) is 1. The van der Waals surface area contributed by atoms with Crippen molar-refractivity contribution >= 4 is 10.0 Å². The van der Waals surface area contributed by atoms with Crippen LogP contribution in [0.3, 0.4) is 0 Å². The van der Waals surface area contributed by atoms with Crippen LogP contribution in [-0.2, 0) is 16.4 Å². The van der Waals surface area contributed by atoms with Crippen molar-refractivity contribution in [2.24, 2.45) is 5.92 Å². The van der Waals surface area contributed by atoms with Crippen molar-refractivity contribution in [3.8, 4) is 23.0 Å². The molecule has 0 saturated carbocycles. The van der Waals surface area contributed by atoms with Crippen molar-refractivity contribution in [3.05, 3.63) is 42.0 Å². The molecule has 8 heteroatoms. The maximum atomic E-state index is 13.0. The van der Waals surface area contributed by atoms with Crippen molar-refractivity contribution in [2.75, 3.05) is 34.1 Å². The number of benzene rings is 2. The van der Waals surface area contributed by atoms with E-state index in [0.717, 1.165) is 30.8 Å². The molecule has 2 aromatic rings. The van der Waals surface area contributed by atoms with Gasteiger partial charge in [-0.2, -0.15) is 4.31 Å². The zero-order valence-electron chi connectivity index (χ0n) is 16.6. The summed E-state index contributed by atoms with van der Waals surface area (Å²) in [5.41, 5.74) is 1.19. The van der Waals surface area contributed by atoms with Gasteiger partial charge in [-0.05, 0) is 55.0 Å². The van der Waals surface area contributed by atoms with Gasteiger partial charge in [0.05, 0.1) is 19.1 Å². The zero-order valence-corrected chi connectivity index (χ0v) is 17.4. The molecular weight excluding hydrogens is 394 g/mol. The molecule has 0 bridgehead atoms. The van der Waals surface area contributed by atoms with Crippen LogP contribution in [-0.4, -0.2) is 46.8 Å². The lowest BCUT2D eigenvalue weighted by atomic mass is 9.91. The second-order valence-electron chi connectivity index (χ2n) is 7.26. The van der Waals surface area contributed by atoms with Crippen LogP contribution in [0.4, 0.5) is 0 Å². The fraction of sp³-hybridized carbons (Fsp3) is 0.429. The molecule has 1 fully saturated rings. The van der Waals surface area contributed by atoms with Crippen LogP contribution in [0.1, 0.15) is 18.4 Å². The molecular formula is C21H25NO6S. The number of methoxy groups -OCH3 is 2. The fourth-order valence-electron chi connectivity index (χ4n) is 3.88. The van der Waals surface area contributed by atoms with Gasteiger partial charge in [0.25, 0.3) is 0 Å². The molecule has 0 amide bonds. The highest BCUT2D eigenvalue weighted by Gasteiger charge is 2.30. The Morgan fingerprint density at radius 2 is 1.69 bits per heavy atom. The van der Waals surface area contributed by atoms with E-state index in [2.05, 4.69) is 6.07 Å². The van der Waals surface area contributed by atoms with E-state index in [9.17, 15) is 8.42 Å². The Bertz CT molecular complexity index is 983. The average molecular weight is 419 g/mol. The van der Waals surface area contributed by atoms with Gasteiger partial charge in [0.2, 0.25) is 16.8 Å². The molecule has 156 valence electrons. The monoisotopic (exact) mass is 419 g/mol. The van der Waals surface area contributed by atoms with Crippen LogP contribution in [0, 0.1) is 5.92 Å². The third-order valence-corrected chi connectivity index (χ3v) is 7.42. The minimum Gasteiger partial charge on any atom is -0.493 e. The second kappa shape index (κ2) is 8.12. The summed E-state index contributed by atoms with van der Waals surface area (Å²) in [5, 5.41) is 0. The van der Waals surface area contributed by atoms with Gasteiger partial charge >= 0.3 is 0 Å². The molecule has 2 aromatic carbocycles. The first-order valence-corrected chi connectivity index (χ1v) is 11.1. The van der Waals surface area contributed by atoms with Crippen LogP contribution < -0.4 is 18.9 Å². The van der Waals surface area contributed by atoms with Gasteiger partial charge in [-0.15, -0.1) is 0 Å². The lowest BCUT2D eigenvalue weighted by Gasteiger charge is -2.31. The number of sulfonamides is 1. The molecule has 0 aromatic heterocycles. The third kappa shape index (κ3) is 4.00. The summed E-state index contributed by atoms with van der Waals surface area (Å²) in [4.78, 5) is 0.226. The lowest BCUT2D eigenvalue weighted by molar-refractivity contribution is 0.174. The average Bonchev–Trinajstić information content (AvgIpc) is 3.21. The van der Waals surface area contributed by atoms with Crippen LogP contribution in [0.25, 0.3) is 0 Å². The predicted octanol–water partition coefficient (Wildman–Crippen LogP) is 3.08. The van der Waals surface area contributed by atoms with Gasteiger partial charge in [0.1, 0.15) is 0 Å². The van der Waals surface area contributed by atoms with E-state index < -0.39 is 10.0 Å². The number of hydrogen-bond acceptors (Lipinski definition) is 6. The minimum atomic E-state index is -3.56. The van der Waals surface area contributed by atoms with Crippen molar-refractivity contribution in [3.63, 3.8) is 0 Å². The van der Waals surface area contributed by atoms with E-state index in [0.29, 0.717) is 30.5 Å². The Hall–Kier alpha value is -2.45. The quantitative estimate of drug-likeness (QED) is 0.716. The Kier molecular flexibility index (Phi) is 5.56. The van der Waals surface area contributed by atoms with Gasteiger partial charge in [-0.1, -0.05) is 6.07 Å². The summed E-state index contributed by atoms with van der Waals surface area (Å²) in [7, 11) is -0.542. The molecule has 0 radical (unpaired) electrons. The smallest absolute Gasteiger partial charge is 0.243 e. The number of piperidine rings is 1. The van der Waals surface area contributed by atoms with Crippen LogP contribution in [0.15, 0.2) is 41.3 Å². The molecule has 1 saturated heterocycles. The highest BCUT2D eigenvalue weighted by molar-refractivity contribution is 7.89. The number of ether oxygens (including phenoxy) is 4. The molecule has 4 rings (SSSR count). The lowest BCUT2D eigenvalue weighted by Crippen LogP contribution is -2.38. The third-order valence-electron chi connectivity index (χ3n) is 5.53.